The van der Waals surface area contributed by atoms with Crippen LogP contribution in [-0.4, -0.2) is 13.2 Å². The van der Waals surface area contributed by atoms with E-state index >= 15 is 0 Å². The molecule has 0 saturated carbocycles. The molecule has 82 valence electrons. The molecule has 0 saturated heterocycles. The molecule has 0 spiro atoms. The van der Waals surface area contributed by atoms with E-state index in [-0.39, 0.29) is 0 Å². The largest absolute Gasteiger partial charge is 0.488 e. The molecule has 0 radical (unpaired) electrons. The number of benzene rings is 1. The first-order valence-electron chi connectivity index (χ1n) is 4.60. The third-order valence-electron chi connectivity index (χ3n) is 1.84. The average molecular weight is 246 g/mol. The molecule has 0 atom stereocenters. The number of hydrogen-bond acceptors (Lipinski definition) is 2. The van der Waals surface area contributed by atoms with Crippen LogP contribution in [0.1, 0.15) is 5.56 Å². The Balaban J connectivity index is 3.02. The molecule has 0 aliphatic rings. The summed E-state index contributed by atoms with van der Waals surface area (Å²) in [6.07, 6.45) is 2.35. The molecule has 15 heavy (non-hydrogen) atoms. The Morgan fingerprint density at radius 2 is 2.13 bits per heavy atom. The van der Waals surface area contributed by atoms with E-state index in [4.69, 9.17) is 33.7 Å². The molecular formula is C11H13Cl2NO. The maximum Gasteiger partial charge on any atom is 0.141 e. The maximum atomic E-state index is 6.02. The minimum absolute atomic E-state index is 0.416. The Labute approximate surface area is 99.6 Å². The molecular weight excluding hydrogens is 233 g/mol. The highest BCUT2D eigenvalue weighted by molar-refractivity contribution is 6.35. The van der Waals surface area contributed by atoms with E-state index in [0.717, 1.165) is 5.56 Å². The molecule has 0 unspecified atom stereocenters. The molecule has 0 heterocycles. The standard InChI is InChI=1S/C11H13Cl2NO/c1-2-5-15-11-8(3-4-14)6-9(12)7-10(11)13/h2,6-7H,1,3-5,14H2. The lowest BCUT2D eigenvalue weighted by Gasteiger charge is -2.12. The van der Waals surface area contributed by atoms with Crippen LogP contribution in [0.15, 0.2) is 24.8 Å². The van der Waals surface area contributed by atoms with Crippen LogP contribution in [0.25, 0.3) is 0 Å². The Bertz CT molecular complexity index is 353. The van der Waals surface area contributed by atoms with E-state index in [1.54, 1.807) is 12.1 Å². The van der Waals surface area contributed by atoms with Crippen molar-refractivity contribution >= 4 is 23.2 Å². The van der Waals surface area contributed by atoms with Gasteiger partial charge in [-0.2, -0.15) is 0 Å². The Kier molecular flexibility index (Phi) is 4.95. The first kappa shape index (κ1) is 12.4. The molecule has 0 aliphatic heterocycles. The van der Waals surface area contributed by atoms with Crippen molar-refractivity contribution in [3.63, 3.8) is 0 Å². The van der Waals surface area contributed by atoms with E-state index in [9.17, 15) is 0 Å². The van der Waals surface area contributed by atoms with Gasteiger partial charge >= 0.3 is 0 Å². The molecule has 0 bridgehead atoms. The fraction of sp³-hybridized carbons (Fsp3) is 0.273. The smallest absolute Gasteiger partial charge is 0.141 e. The van der Waals surface area contributed by atoms with E-state index in [1.807, 2.05) is 6.07 Å². The molecule has 1 rings (SSSR count). The fourth-order valence-electron chi connectivity index (χ4n) is 1.26. The maximum absolute atomic E-state index is 6.02. The first-order valence-corrected chi connectivity index (χ1v) is 5.36. The number of hydrogen-bond donors (Lipinski definition) is 1. The zero-order chi connectivity index (χ0) is 11.3. The summed E-state index contributed by atoms with van der Waals surface area (Å²) in [7, 11) is 0. The molecule has 0 fully saturated rings. The van der Waals surface area contributed by atoms with Crippen LogP contribution >= 0.6 is 23.2 Å². The normalized spacial score (nSPS) is 10.1. The predicted molar refractivity (Wildman–Crippen MR) is 64.9 cm³/mol. The van der Waals surface area contributed by atoms with E-state index in [2.05, 4.69) is 6.58 Å². The fourth-order valence-corrected chi connectivity index (χ4v) is 1.85. The van der Waals surface area contributed by atoms with Gasteiger partial charge in [-0.05, 0) is 30.7 Å². The van der Waals surface area contributed by atoms with Gasteiger partial charge in [-0.25, -0.2) is 0 Å². The van der Waals surface area contributed by atoms with Gasteiger partial charge in [0, 0.05) is 5.02 Å². The van der Waals surface area contributed by atoms with E-state index < -0.39 is 0 Å². The van der Waals surface area contributed by atoms with Gasteiger partial charge in [0.1, 0.15) is 12.4 Å². The van der Waals surface area contributed by atoms with Gasteiger partial charge in [0.05, 0.1) is 5.02 Å². The zero-order valence-corrected chi connectivity index (χ0v) is 9.81. The zero-order valence-electron chi connectivity index (χ0n) is 8.30. The summed E-state index contributed by atoms with van der Waals surface area (Å²) in [5.74, 6) is 0.645. The summed E-state index contributed by atoms with van der Waals surface area (Å²) in [4.78, 5) is 0. The third-order valence-corrected chi connectivity index (χ3v) is 2.34. The highest BCUT2D eigenvalue weighted by atomic mass is 35.5. The molecule has 2 N–H and O–H groups in total. The SMILES string of the molecule is C=CCOc1c(Cl)cc(Cl)cc1CCN. The third kappa shape index (κ3) is 3.42. The second kappa shape index (κ2) is 6.01. The van der Waals surface area contributed by atoms with Gasteiger partial charge in [-0.15, -0.1) is 0 Å². The highest BCUT2D eigenvalue weighted by Crippen LogP contribution is 2.32. The Morgan fingerprint density at radius 1 is 1.40 bits per heavy atom. The van der Waals surface area contributed by atoms with Crippen LogP contribution in [0, 0.1) is 0 Å². The summed E-state index contributed by atoms with van der Waals surface area (Å²) in [5, 5.41) is 1.10. The molecule has 0 aliphatic carbocycles. The molecule has 0 aromatic heterocycles. The van der Waals surface area contributed by atoms with Crippen LogP contribution < -0.4 is 10.5 Å². The minimum atomic E-state index is 0.416. The van der Waals surface area contributed by atoms with Gasteiger partial charge in [-0.3, -0.25) is 0 Å². The van der Waals surface area contributed by atoms with Gasteiger partial charge in [0.2, 0.25) is 0 Å². The molecule has 1 aromatic rings. The average Bonchev–Trinajstić information content (AvgIpc) is 2.17. The van der Waals surface area contributed by atoms with Gasteiger partial charge in [0.25, 0.3) is 0 Å². The van der Waals surface area contributed by atoms with Crippen molar-refractivity contribution in [2.75, 3.05) is 13.2 Å². The topological polar surface area (TPSA) is 35.2 Å². The second-order valence-electron chi connectivity index (χ2n) is 3.01. The second-order valence-corrected chi connectivity index (χ2v) is 3.86. The lowest BCUT2D eigenvalue weighted by molar-refractivity contribution is 0.359. The number of rotatable bonds is 5. The van der Waals surface area contributed by atoms with Gasteiger partial charge in [0.15, 0.2) is 0 Å². The van der Waals surface area contributed by atoms with Crippen molar-refractivity contribution in [1.29, 1.82) is 0 Å². The molecule has 1 aromatic carbocycles. The predicted octanol–water partition coefficient (Wildman–Crippen LogP) is 3.06. The van der Waals surface area contributed by atoms with Gasteiger partial charge in [-0.1, -0.05) is 35.9 Å². The number of nitrogens with two attached hydrogens (primary N) is 1. The minimum Gasteiger partial charge on any atom is -0.488 e. The Hall–Kier alpha value is -0.700. The summed E-state index contributed by atoms with van der Waals surface area (Å²) >= 11 is 11.9. The lowest BCUT2D eigenvalue weighted by Crippen LogP contribution is -2.06. The molecule has 4 heteroatoms. The molecule has 2 nitrogen and oxygen atoms in total. The van der Waals surface area contributed by atoms with Crippen molar-refractivity contribution in [1.82, 2.24) is 0 Å². The monoisotopic (exact) mass is 245 g/mol. The van der Waals surface area contributed by atoms with Crippen molar-refractivity contribution < 1.29 is 4.74 Å². The van der Waals surface area contributed by atoms with Crippen LogP contribution in [0.2, 0.25) is 10.0 Å². The van der Waals surface area contributed by atoms with E-state index in [0.29, 0.717) is 35.4 Å². The van der Waals surface area contributed by atoms with E-state index in [1.165, 1.54) is 0 Å². The summed E-state index contributed by atoms with van der Waals surface area (Å²) in [5.41, 5.74) is 6.42. The van der Waals surface area contributed by atoms with Crippen molar-refractivity contribution in [3.05, 3.63) is 40.4 Å². The summed E-state index contributed by atoms with van der Waals surface area (Å²) < 4.78 is 5.46. The lowest BCUT2D eigenvalue weighted by atomic mass is 10.1. The number of ether oxygens (including phenoxy) is 1. The molecule has 0 amide bonds. The van der Waals surface area contributed by atoms with Crippen LogP contribution in [0.5, 0.6) is 5.75 Å². The quantitative estimate of drug-likeness (QED) is 0.810. The summed E-state index contributed by atoms with van der Waals surface area (Å²) in [6.45, 7) is 4.52. The van der Waals surface area contributed by atoms with Crippen LogP contribution in [0.3, 0.4) is 0 Å². The Morgan fingerprint density at radius 3 is 2.73 bits per heavy atom. The van der Waals surface area contributed by atoms with Crippen LogP contribution in [0.4, 0.5) is 0 Å². The van der Waals surface area contributed by atoms with Crippen LogP contribution in [-0.2, 0) is 6.42 Å². The highest BCUT2D eigenvalue weighted by Gasteiger charge is 2.09. The first-order chi connectivity index (χ1) is 7.19. The van der Waals surface area contributed by atoms with Crippen molar-refractivity contribution in [3.8, 4) is 5.75 Å². The number of halogens is 2. The van der Waals surface area contributed by atoms with Crippen molar-refractivity contribution in [2.24, 2.45) is 5.73 Å². The van der Waals surface area contributed by atoms with Gasteiger partial charge < -0.3 is 10.5 Å². The van der Waals surface area contributed by atoms with Crippen molar-refractivity contribution in [2.45, 2.75) is 6.42 Å². The summed E-state index contributed by atoms with van der Waals surface area (Å²) in [6, 6.07) is 3.47.